The van der Waals surface area contributed by atoms with Gasteiger partial charge >= 0.3 is 12.1 Å². The Hall–Kier alpha value is -2.82. The number of ether oxygens (including phenoxy) is 1. The normalized spacial score (nSPS) is 18.4. The number of rotatable bonds is 4. The second-order valence-electron chi connectivity index (χ2n) is 7.58. The van der Waals surface area contributed by atoms with Gasteiger partial charge in [-0.25, -0.2) is 9.59 Å². The fraction of sp³-hybridized carbons (Fsp3) is 0.364. The lowest BCUT2D eigenvalue weighted by molar-refractivity contribution is -0.167. The number of hydrogen-bond acceptors (Lipinski definition) is 4. The molecule has 4 rings (SSSR count). The molecule has 0 N–H and O–H groups in total. The summed E-state index contributed by atoms with van der Waals surface area (Å²) in [5.41, 5.74) is 4.67. The first-order valence-corrected chi connectivity index (χ1v) is 9.39. The number of carbonyl (C=O) groups is 2. The van der Waals surface area contributed by atoms with Crippen molar-refractivity contribution in [2.45, 2.75) is 38.6 Å². The van der Waals surface area contributed by atoms with Crippen molar-refractivity contribution in [2.75, 3.05) is 6.61 Å². The van der Waals surface area contributed by atoms with Crippen molar-refractivity contribution in [1.82, 2.24) is 5.06 Å². The van der Waals surface area contributed by atoms with E-state index in [2.05, 4.69) is 38.1 Å². The monoisotopic (exact) mass is 365 g/mol. The molecule has 1 aliphatic heterocycles. The van der Waals surface area contributed by atoms with Gasteiger partial charge in [0.1, 0.15) is 6.61 Å². The van der Waals surface area contributed by atoms with Crippen LogP contribution in [-0.2, 0) is 14.4 Å². The zero-order valence-electron chi connectivity index (χ0n) is 15.6. The van der Waals surface area contributed by atoms with Crippen LogP contribution in [0.5, 0.6) is 0 Å². The second kappa shape index (κ2) is 7.06. The summed E-state index contributed by atoms with van der Waals surface area (Å²) in [5.74, 6) is -0.0363. The Kier molecular flexibility index (Phi) is 4.60. The molecule has 0 spiro atoms. The SMILES string of the molecule is CC(C)C[C@@H]1CC(=O)ON1C(=O)OCC1c2ccccc2-c2ccccc21. The Bertz CT molecular complexity index is 831. The van der Waals surface area contributed by atoms with Crippen molar-refractivity contribution in [3.05, 3.63) is 59.7 Å². The molecule has 0 unspecified atom stereocenters. The number of benzene rings is 2. The molecule has 0 saturated carbocycles. The molecule has 1 aliphatic carbocycles. The highest BCUT2D eigenvalue weighted by atomic mass is 16.8. The van der Waals surface area contributed by atoms with Crippen molar-refractivity contribution in [2.24, 2.45) is 5.92 Å². The van der Waals surface area contributed by atoms with Crippen molar-refractivity contribution in [1.29, 1.82) is 0 Å². The van der Waals surface area contributed by atoms with Crippen LogP contribution in [-0.4, -0.2) is 29.8 Å². The van der Waals surface area contributed by atoms with Gasteiger partial charge in [-0.1, -0.05) is 62.4 Å². The van der Waals surface area contributed by atoms with E-state index >= 15 is 0 Å². The van der Waals surface area contributed by atoms with Crippen LogP contribution in [0.2, 0.25) is 0 Å². The van der Waals surface area contributed by atoms with Gasteiger partial charge in [0.15, 0.2) is 0 Å². The smallest absolute Gasteiger partial charge is 0.443 e. The van der Waals surface area contributed by atoms with E-state index in [-0.39, 0.29) is 31.0 Å². The molecule has 5 nitrogen and oxygen atoms in total. The maximum absolute atomic E-state index is 12.6. The zero-order chi connectivity index (χ0) is 19.0. The van der Waals surface area contributed by atoms with Gasteiger partial charge in [0.2, 0.25) is 0 Å². The maximum Gasteiger partial charge on any atom is 0.443 e. The molecule has 1 amide bonds. The minimum absolute atomic E-state index is 0.0109. The second-order valence-corrected chi connectivity index (χ2v) is 7.58. The van der Waals surface area contributed by atoms with Crippen LogP contribution in [0.15, 0.2) is 48.5 Å². The first-order chi connectivity index (χ1) is 13.0. The Balaban J connectivity index is 1.50. The van der Waals surface area contributed by atoms with Gasteiger partial charge in [0.05, 0.1) is 12.5 Å². The molecule has 1 heterocycles. The van der Waals surface area contributed by atoms with Gasteiger partial charge in [-0.15, -0.1) is 5.06 Å². The summed E-state index contributed by atoms with van der Waals surface area (Å²) < 4.78 is 5.59. The minimum atomic E-state index is -0.589. The predicted molar refractivity (Wildman–Crippen MR) is 101 cm³/mol. The largest absolute Gasteiger partial charge is 0.446 e. The van der Waals surface area contributed by atoms with Crippen LogP contribution in [0, 0.1) is 5.92 Å². The van der Waals surface area contributed by atoms with E-state index in [1.54, 1.807) is 0 Å². The third-order valence-electron chi connectivity index (χ3n) is 5.19. The summed E-state index contributed by atoms with van der Waals surface area (Å²) in [7, 11) is 0. The molecule has 2 aromatic carbocycles. The molecule has 140 valence electrons. The standard InChI is InChI=1S/C22H23NO4/c1-14(2)11-15-12-21(24)27-23(15)22(25)26-13-20-18-9-5-3-7-16(18)17-8-4-6-10-19(17)20/h3-10,14-15,20H,11-13H2,1-2H3/t15-/m1/s1. The van der Waals surface area contributed by atoms with E-state index in [1.165, 1.54) is 11.1 Å². The molecule has 0 radical (unpaired) electrons. The molecule has 27 heavy (non-hydrogen) atoms. The molecular weight excluding hydrogens is 342 g/mol. The van der Waals surface area contributed by atoms with Crippen LogP contribution < -0.4 is 0 Å². The zero-order valence-corrected chi connectivity index (χ0v) is 15.6. The van der Waals surface area contributed by atoms with E-state index < -0.39 is 6.09 Å². The molecule has 1 atom stereocenters. The van der Waals surface area contributed by atoms with E-state index in [9.17, 15) is 9.59 Å². The Labute approximate surface area is 158 Å². The quantitative estimate of drug-likeness (QED) is 0.800. The number of nitrogens with zero attached hydrogens (tertiary/aromatic N) is 1. The lowest BCUT2D eigenvalue weighted by Crippen LogP contribution is -2.36. The van der Waals surface area contributed by atoms with Gasteiger partial charge < -0.3 is 9.57 Å². The molecule has 1 fully saturated rings. The maximum atomic E-state index is 12.6. The van der Waals surface area contributed by atoms with Gasteiger partial charge in [-0.2, -0.15) is 0 Å². The van der Waals surface area contributed by atoms with Crippen LogP contribution in [0.4, 0.5) is 4.79 Å². The Morgan fingerprint density at radius 1 is 1.11 bits per heavy atom. The summed E-state index contributed by atoms with van der Waals surface area (Å²) in [4.78, 5) is 29.4. The van der Waals surface area contributed by atoms with Crippen LogP contribution in [0.1, 0.15) is 43.7 Å². The summed E-state index contributed by atoms with van der Waals surface area (Å²) in [6, 6.07) is 16.1. The summed E-state index contributed by atoms with van der Waals surface area (Å²) in [6.07, 6.45) is 0.339. The Morgan fingerprint density at radius 2 is 1.70 bits per heavy atom. The summed E-state index contributed by atoms with van der Waals surface area (Å²) >= 11 is 0. The molecule has 2 aromatic rings. The topological polar surface area (TPSA) is 55.8 Å². The van der Waals surface area contributed by atoms with Crippen molar-refractivity contribution >= 4 is 12.1 Å². The number of hydroxylamine groups is 2. The lowest BCUT2D eigenvalue weighted by atomic mass is 9.98. The first-order valence-electron chi connectivity index (χ1n) is 9.39. The summed E-state index contributed by atoms with van der Waals surface area (Å²) in [5, 5.41) is 1.12. The number of hydrogen-bond donors (Lipinski definition) is 0. The molecule has 0 aromatic heterocycles. The molecule has 2 aliphatic rings. The highest BCUT2D eigenvalue weighted by molar-refractivity contribution is 5.80. The van der Waals surface area contributed by atoms with Crippen LogP contribution in [0.3, 0.4) is 0 Å². The molecule has 5 heteroatoms. The summed E-state index contributed by atoms with van der Waals surface area (Å²) in [6.45, 7) is 4.33. The van der Waals surface area contributed by atoms with Gasteiger partial charge in [-0.05, 0) is 34.6 Å². The van der Waals surface area contributed by atoms with Crippen molar-refractivity contribution in [3.8, 4) is 11.1 Å². The fourth-order valence-electron chi connectivity index (χ4n) is 4.06. The van der Waals surface area contributed by atoms with E-state index in [0.717, 1.165) is 16.2 Å². The first kappa shape index (κ1) is 17.6. The van der Waals surface area contributed by atoms with Crippen LogP contribution >= 0.6 is 0 Å². The van der Waals surface area contributed by atoms with Gasteiger partial charge in [0.25, 0.3) is 0 Å². The molecule has 0 bridgehead atoms. The van der Waals surface area contributed by atoms with Gasteiger partial charge in [0, 0.05) is 5.92 Å². The van der Waals surface area contributed by atoms with Crippen molar-refractivity contribution in [3.63, 3.8) is 0 Å². The lowest BCUT2D eigenvalue weighted by Gasteiger charge is -2.23. The number of fused-ring (bicyclic) bond motifs is 3. The Morgan fingerprint density at radius 3 is 2.30 bits per heavy atom. The average Bonchev–Trinajstić information content (AvgIpc) is 3.17. The molecule has 1 saturated heterocycles. The van der Waals surface area contributed by atoms with E-state index in [0.29, 0.717) is 12.3 Å². The fourth-order valence-corrected chi connectivity index (χ4v) is 4.06. The number of carbonyl (C=O) groups excluding carboxylic acids is 2. The van der Waals surface area contributed by atoms with Crippen LogP contribution in [0.25, 0.3) is 11.1 Å². The predicted octanol–water partition coefficient (Wildman–Crippen LogP) is 4.51. The van der Waals surface area contributed by atoms with E-state index in [4.69, 9.17) is 9.57 Å². The van der Waals surface area contributed by atoms with E-state index in [1.807, 2.05) is 24.3 Å². The third-order valence-corrected chi connectivity index (χ3v) is 5.19. The minimum Gasteiger partial charge on any atom is -0.446 e. The molecular formula is C22H23NO4. The number of amides is 1. The van der Waals surface area contributed by atoms with Crippen molar-refractivity contribution < 1.29 is 19.2 Å². The average molecular weight is 365 g/mol. The highest BCUT2D eigenvalue weighted by Gasteiger charge is 2.39. The third kappa shape index (κ3) is 3.29. The highest BCUT2D eigenvalue weighted by Crippen LogP contribution is 2.44. The van der Waals surface area contributed by atoms with Gasteiger partial charge in [-0.3, -0.25) is 0 Å².